The van der Waals surface area contributed by atoms with Crippen molar-refractivity contribution >= 4 is 29.4 Å². The fourth-order valence-electron chi connectivity index (χ4n) is 1.87. The molecular formula is C12H12N2O2S2. The second-order valence-corrected chi connectivity index (χ2v) is 6.30. The molecule has 0 bridgehead atoms. The van der Waals surface area contributed by atoms with Gasteiger partial charge in [0.05, 0.1) is 11.8 Å². The molecule has 94 valence electrons. The van der Waals surface area contributed by atoms with Crippen molar-refractivity contribution in [2.45, 2.75) is 16.8 Å². The topological polar surface area (TPSA) is 53.4 Å². The van der Waals surface area contributed by atoms with Crippen LogP contribution in [0.3, 0.4) is 0 Å². The van der Waals surface area contributed by atoms with E-state index in [0.717, 1.165) is 11.5 Å². The Morgan fingerprint density at radius 2 is 2.50 bits per heavy atom. The second-order valence-electron chi connectivity index (χ2n) is 4.17. The Balaban J connectivity index is 1.64. The van der Waals surface area contributed by atoms with E-state index in [9.17, 15) is 9.90 Å². The van der Waals surface area contributed by atoms with Crippen molar-refractivity contribution in [3.05, 3.63) is 30.1 Å². The minimum atomic E-state index is 0.204. The Morgan fingerprint density at radius 3 is 3.28 bits per heavy atom. The third-order valence-electron chi connectivity index (χ3n) is 2.88. The van der Waals surface area contributed by atoms with Crippen LogP contribution >= 0.6 is 23.5 Å². The van der Waals surface area contributed by atoms with Gasteiger partial charge in [0.2, 0.25) is 5.91 Å². The maximum Gasteiger partial charge on any atom is 0.230 e. The average Bonchev–Trinajstić information content (AvgIpc) is 2.38. The molecule has 0 radical (unpaired) electrons. The van der Waals surface area contributed by atoms with Crippen LogP contribution in [0, 0.1) is 0 Å². The zero-order chi connectivity index (χ0) is 12.5. The van der Waals surface area contributed by atoms with Gasteiger partial charge in [-0.1, -0.05) is 11.8 Å². The van der Waals surface area contributed by atoms with Gasteiger partial charge in [0.1, 0.15) is 10.8 Å². The summed E-state index contributed by atoms with van der Waals surface area (Å²) in [6.07, 6.45) is 4.30. The molecule has 18 heavy (non-hydrogen) atoms. The number of β-lactam (4-membered cyclic amide) rings is 1. The summed E-state index contributed by atoms with van der Waals surface area (Å²) in [7, 11) is 0. The van der Waals surface area contributed by atoms with Crippen LogP contribution in [0.15, 0.2) is 35.1 Å². The highest BCUT2D eigenvalue weighted by atomic mass is 32.2. The lowest BCUT2D eigenvalue weighted by Gasteiger charge is -2.41. The number of nitrogens with zero attached hydrogens (tertiary/aromatic N) is 2. The molecule has 0 spiro atoms. The molecule has 3 heterocycles. The zero-order valence-corrected chi connectivity index (χ0v) is 11.2. The van der Waals surface area contributed by atoms with Crippen LogP contribution in [-0.2, 0) is 4.79 Å². The summed E-state index contributed by atoms with van der Waals surface area (Å²) in [5.74, 6) is 2.13. The molecule has 1 amide bonds. The van der Waals surface area contributed by atoms with E-state index in [1.807, 2.05) is 11.1 Å². The van der Waals surface area contributed by atoms with Gasteiger partial charge in [-0.05, 0) is 17.7 Å². The predicted molar refractivity (Wildman–Crippen MR) is 72.4 cm³/mol. The van der Waals surface area contributed by atoms with Crippen LogP contribution in [0.1, 0.15) is 6.42 Å². The van der Waals surface area contributed by atoms with E-state index in [2.05, 4.69) is 4.98 Å². The lowest BCUT2D eigenvalue weighted by atomic mass is 10.2. The van der Waals surface area contributed by atoms with E-state index in [1.165, 1.54) is 17.3 Å². The van der Waals surface area contributed by atoms with Gasteiger partial charge >= 0.3 is 0 Å². The average molecular weight is 280 g/mol. The van der Waals surface area contributed by atoms with Crippen molar-refractivity contribution in [2.75, 3.05) is 11.5 Å². The van der Waals surface area contributed by atoms with E-state index in [0.29, 0.717) is 16.8 Å². The summed E-state index contributed by atoms with van der Waals surface area (Å²) in [4.78, 5) is 17.3. The van der Waals surface area contributed by atoms with Crippen LogP contribution in [0.4, 0.5) is 0 Å². The molecule has 0 aromatic carbocycles. The number of carbonyl (C=O) groups excluding carboxylic acids is 1. The molecule has 3 rings (SSSR count). The lowest BCUT2D eigenvalue weighted by molar-refractivity contribution is -0.137. The maximum atomic E-state index is 11.3. The molecule has 1 fully saturated rings. The number of rotatable bonds is 3. The minimum Gasteiger partial charge on any atom is -0.505 e. The number of hydrogen-bond acceptors (Lipinski definition) is 5. The normalized spacial score (nSPS) is 22.2. The van der Waals surface area contributed by atoms with Gasteiger partial charge in [-0.2, -0.15) is 0 Å². The molecule has 2 aliphatic rings. The Morgan fingerprint density at radius 1 is 1.61 bits per heavy atom. The van der Waals surface area contributed by atoms with Crippen molar-refractivity contribution in [1.29, 1.82) is 0 Å². The van der Waals surface area contributed by atoms with E-state index >= 15 is 0 Å². The van der Waals surface area contributed by atoms with Crippen LogP contribution in [0.25, 0.3) is 0 Å². The number of pyridine rings is 1. The number of hydrogen-bond donors (Lipinski definition) is 1. The molecule has 0 aliphatic carbocycles. The largest absolute Gasteiger partial charge is 0.505 e. The fraction of sp³-hybridized carbons (Fsp3) is 0.333. The van der Waals surface area contributed by atoms with Crippen LogP contribution < -0.4 is 0 Å². The summed E-state index contributed by atoms with van der Waals surface area (Å²) in [5.41, 5.74) is 1.21. The van der Waals surface area contributed by atoms with Crippen molar-refractivity contribution in [1.82, 2.24) is 9.88 Å². The number of amides is 1. The van der Waals surface area contributed by atoms with Crippen LogP contribution in [0.5, 0.6) is 5.75 Å². The molecule has 6 heteroatoms. The van der Waals surface area contributed by atoms with Crippen LogP contribution in [-0.4, -0.2) is 37.8 Å². The number of thioether (sulfide) groups is 2. The highest BCUT2D eigenvalue weighted by Crippen LogP contribution is 2.37. The smallest absolute Gasteiger partial charge is 0.230 e. The van der Waals surface area contributed by atoms with E-state index < -0.39 is 0 Å². The SMILES string of the molecule is O=C1C[C@H]2SCC(CSc3ncccc3O)=CN12. The monoisotopic (exact) mass is 280 g/mol. The summed E-state index contributed by atoms with van der Waals surface area (Å²) >= 11 is 3.31. The highest BCUT2D eigenvalue weighted by Gasteiger charge is 2.37. The standard InChI is InChI=1S/C12H12N2O2S2/c15-9-2-1-3-13-12(9)18-7-8-5-14-10(16)4-11(14)17-6-8/h1-3,5,11,15H,4,6-7H2/t11-/m1/s1. The highest BCUT2D eigenvalue weighted by molar-refractivity contribution is 8.01. The summed E-state index contributed by atoms with van der Waals surface area (Å²) in [5, 5.41) is 10.6. The number of aromatic hydroxyl groups is 1. The van der Waals surface area contributed by atoms with Gasteiger partial charge < -0.3 is 10.0 Å². The Bertz CT molecular complexity index is 519. The second kappa shape index (κ2) is 4.85. The number of aromatic nitrogens is 1. The predicted octanol–water partition coefficient (Wildman–Crippen LogP) is 2.07. The molecule has 1 aromatic heterocycles. The van der Waals surface area contributed by atoms with Crippen LogP contribution in [0.2, 0.25) is 0 Å². The maximum absolute atomic E-state index is 11.3. The van der Waals surface area contributed by atoms with Crippen molar-refractivity contribution in [3.63, 3.8) is 0 Å². The molecule has 1 atom stereocenters. The van der Waals surface area contributed by atoms with Gasteiger partial charge in [-0.25, -0.2) is 4.98 Å². The fourth-order valence-corrected chi connectivity index (χ4v) is 4.03. The van der Waals surface area contributed by atoms with E-state index in [-0.39, 0.29) is 11.7 Å². The molecule has 0 saturated carbocycles. The molecule has 1 saturated heterocycles. The quantitative estimate of drug-likeness (QED) is 0.678. The first kappa shape index (κ1) is 11.9. The van der Waals surface area contributed by atoms with E-state index in [1.54, 1.807) is 30.1 Å². The van der Waals surface area contributed by atoms with E-state index in [4.69, 9.17) is 0 Å². The first-order chi connectivity index (χ1) is 8.74. The first-order valence-electron chi connectivity index (χ1n) is 5.63. The Labute approximate surface area is 113 Å². The van der Waals surface area contributed by atoms with Crippen molar-refractivity contribution in [2.24, 2.45) is 0 Å². The molecule has 4 nitrogen and oxygen atoms in total. The van der Waals surface area contributed by atoms with Gasteiger partial charge in [-0.3, -0.25) is 4.79 Å². The minimum absolute atomic E-state index is 0.204. The number of carbonyl (C=O) groups is 1. The third-order valence-corrected chi connectivity index (χ3v) is 5.29. The Kier molecular flexibility index (Phi) is 3.22. The molecule has 2 aliphatic heterocycles. The van der Waals surface area contributed by atoms with Gasteiger partial charge in [0.25, 0.3) is 0 Å². The summed E-state index contributed by atoms with van der Waals surface area (Å²) in [6, 6.07) is 3.34. The van der Waals surface area contributed by atoms with Gasteiger partial charge in [0, 0.05) is 23.9 Å². The molecule has 1 aromatic rings. The van der Waals surface area contributed by atoms with Gasteiger partial charge in [-0.15, -0.1) is 11.8 Å². The summed E-state index contributed by atoms with van der Waals surface area (Å²) in [6.45, 7) is 0. The molecule has 0 unspecified atom stereocenters. The first-order valence-corrected chi connectivity index (χ1v) is 7.66. The lowest BCUT2D eigenvalue weighted by Crippen LogP contribution is -2.49. The zero-order valence-electron chi connectivity index (χ0n) is 9.57. The van der Waals surface area contributed by atoms with Crippen molar-refractivity contribution < 1.29 is 9.90 Å². The van der Waals surface area contributed by atoms with Gasteiger partial charge in [0.15, 0.2) is 0 Å². The molecular weight excluding hydrogens is 268 g/mol. The molecule has 1 N–H and O–H groups in total. The van der Waals surface area contributed by atoms with Crippen molar-refractivity contribution in [3.8, 4) is 5.75 Å². The Hall–Kier alpha value is -1.14. The third kappa shape index (κ3) is 2.22. The number of fused-ring (bicyclic) bond motifs is 1. The summed E-state index contributed by atoms with van der Waals surface area (Å²) < 4.78 is 0.